The summed E-state index contributed by atoms with van der Waals surface area (Å²) in [4.78, 5) is 13.7. The maximum Gasteiger partial charge on any atom is 0.222 e. The number of piperazine rings is 1. The third kappa shape index (κ3) is 3.27. The van der Waals surface area contributed by atoms with Gasteiger partial charge in [0, 0.05) is 45.8 Å². The predicted molar refractivity (Wildman–Crippen MR) is 55.2 cm³/mol. The lowest BCUT2D eigenvalue weighted by Crippen LogP contribution is -2.52. The zero-order valence-electron chi connectivity index (χ0n) is 9.08. The standard InChI is InChI=1S/C10H20N2O2/c1-9-8-11-5-6-12(9)10(13)4-3-7-14-2/h9,11H,3-8H2,1-2H3. The van der Waals surface area contributed by atoms with Gasteiger partial charge in [-0.25, -0.2) is 0 Å². The molecule has 1 amide bonds. The van der Waals surface area contributed by atoms with Crippen LogP contribution in [0.5, 0.6) is 0 Å². The lowest BCUT2D eigenvalue weighted by atomic mass is 10.2. The number of amides is 1. The van der Waals surface area contributed by atoms with E-state index in [0.29, 0.717) is 19.1 Å². The molecule has 82 valence electrons. The molecule has 4 heteroatoms. The summed E-state index contributed by atoms with van der Waals surface area (Å²) in [5.41, 5.74) is 0. The fourth-order valence-corrected chi connectivity index (χ4v) is 1.72. The van der Waals surface area contributed by atoms with Gasteiger partial charge in [0.05, 0.1) is 0 Å². The Labute approximate surface area is 85.6 Å². The number of carbonyl (C=O) groups excluding carboxylic acids is 1. The van der Waals surface area contributed by atoms with Crippen molar-refractivity contribution in [2.24, 2.45) is 0 Å². The van der Waals surface area contributed by atoms with E-state index >= 15 is 0 Å². The molecule has 4 nitrogen and oxygen atoms in total. The maximum absolute atomic E-state index is 11.7. The number of rotatable bonds is 4. The summed E-state index contributed by atoms with van der Waals surface area (Å²) in [6, 6.07) is 0.332. The number of hydrogen-bond acceptors (Lipinski definition) is 3. The Hall–Kier alpha value is -0.610. The monoisotopic (exact) mass is 200 g/mol. The number of hydrogen-bond donors (Lipinski definition) is 1. The zero-order valence-corrected chi connectivity index (χ0v) is 9.08. The van der Waals surface area contributed by atoms with Gasteiger partial charge in [0.15, 0.2) is 0 Å². The first kappa shape index (κ1) is 11.5. The van der Waals surface area contributed by atoms with E-state index in [1.807, 2.05) is 4.90 Å². The topological polar surface area (TPSA) is 41.6 Å². The Morgan fingerprint density at radius 1 is 1.64 bits per heavy atom. The predicted octanol–water partition coefficient (Wildman–Crippen LogP) is 0.233. The summed E-state index contributed by atoms with van der Waals surface area (Å²) in [7, 11) is 1.66. The first-order valence-electron chi connectivity index (χ1n) is 5.25. The molecule has 1 saturated heterocycles. The molecule has 1 rings (SSSR count). The van der Waals surface area contributed by atoms with Crippen LogP contribution >= 0.6 is 0 Å². The normalized spacial score (nSPS) is 22.4. The lowest BCUT2D eigenvalue weighted by Gasteiger charge is -2.34. The Morgan fingerprint density at radius 3 is 3.07 bits per heavy atom. The average Bonchev–Trinajstić information content (AvgIpc) is 2.18. The molecule has 0 aromatic carbocycles. The second-order valence-corrected chi connectivity index (χ2v) is 3.74. The highest BCUT2D eigenvalue weighted by Gasteiger charge is 2.21. The van der Waals surface area contributed by atoms with Gasteiger partial charge in [-0.2, -0.15) is 0 Å². The van der Waals surface area contributed by atoms with Gasteiger partial charge in [0.2, 0.25) is 5.91 Å². The highest BCUT2D eigenvalue weighted by Crippen LogP contribution is 2.06. The number of nitrogens with zero attached hydrogens (tertiary/aromatic N) is 1. The fraction of sp³-hybridized carbons (Fsp3) is 0.900. The van der Waals surface area contributed by atoms with E-state index in [1.165, 1.54) is 0 Å². The summed E-state index contributed by atoms with van der Waals surface area (Å²) in [5.74, 6) is 0.260. The molecular formula is C10H20N2O2. The van der Waals surface area contributed by atoms with Crippen molar-refractivity contribution in [2.75, 3.05) is 33.4 Å². The van der Waals surface area contributed by atoms with Crippen LogP contribution in [-0.4, -0.2) is 50.2 Å². The van der Waals surface area contributed by atoms with Crippen LogP contribution in [-0.2, 0) is 9.53 Å². The third-order valence-corrected chi connectivity index (χ3v) is 2.56. The number of carbonyl (C=O) groups is 1. The van der Waals surface area contributed by atoms with Crippen LogP contribution in [0.4, 0.5) is 0 Å². The first-order chi connectivity index (χ1) is 6.75. The highest BCUT2D eigenvalue weighted by molar-refractivity contribution is 5.76. The molecule has 0 saturated carbocycles. The van der Waals surface area contributed by atoms with E-state index in [4.69, 9.17) is 4.74 Å². The molecule has 1 unspecified atom stereocenters. The second-order valence-electron chi connectivity index (χ2n) is 3.74. The summed E-state index contributed by atoms with van der Waals surface area (Å²) < 4.78 is 4.92. The van der Waals surface area contributed by atoms with E-state index in [-0.39, 0.29) is 5.91 Å². The molecule has 1 N–H and O–H groups in total. The summed E-state index contributed by atoms with van der Waals surface area (Å²) in [5, 5.41) is 3.27. The van der Waals surface area contributed by atoms with Gasteiger partial charge in [-0.1, -0.05) is 0 Å². The molecular weight excluding hydrogens is 180 g/mol. The zero-order chi connectivity index (χ0) is 10.4. The number of ether oxygens (including phenoxy) is 1. The van der Waals surface area contributed by atoms with Crippen molar-refractivity contribution in [2.45, 2.75) is 25.8 Å². The van der Waals surface area contributed by atoms with Crippen LogP contribution in [0.2, 0.25) is 0 Å². The summed E-state index contributed by atoms with van der Waals surface area (Å²) in [6.07, 6.45) is 1.43. The third-order valence-electron chi connectivity index (χ3n) is 2.56. The fourth-order valence-electron chi connectivity index (χ4n) is 1.72. The molecule has 1 atom stereocenters. The minimum absolute atomic E-state index is 0.260. The van der Waals surface area contributed by atoms with Crippen molar-refractivity contribution in [3.8, 4) is 0 Å². The van der Waals surface area contributed by atoms with Gasteiger partial charge >= 0.3 is 0 Å². The van der Waals surface area contributed by atoms with Crippen LogP contribution < -0.4 is 5.32 Å². The van der Waals surface area contributed by atoms with Crippen molar-refractivity contribution in [3.05, 3.63) is 0 Å². The molecule has 0 aromatic rings. The van der Waals surface area contributed by atoms with Crippen molar-refractivity contribution >= 4 is 5.91 Å². The number of nitrogens with one attached hydrogen (secondary N) is 1. The van der Waals surface area contributed by atoms with E-state index in [9.17, 15) is 4.79 Å². The maximum atomic E-state index is 11.7. The Morgan fingerprint density at radius 2 is 2.43 bits per heavy atom. The Kier molecular flexibility index (Phi) is 4.90. The van der Waals surface area contributed by atoms with Gasteiger partial charge in [-0.3, -0.25) is 4.79 Å². The van der Waals surface area contributed by atoms with Crippen LogP contribution in [0.1, 0.15) is 19.8 Å². The molecule has 1 heterocycles. The van der Waals surface area contributed by atoms with Gasteiger partial charge in [0.1, 0.15) is 0 Å². The Bertz CT molecular complexity index is 185. The van der Waals surface area contributed by atoms with Crippen LogP contribution in [0.3, 0.4) is 0 Å². The quantitative estimate of drug-likeness (QED) is 0.661. The summed E-state index contributed by atoms with van der Waals surface area (Å²) in [6.45, 7) is 5.43. The molecule has 14 heavy (non-hydrogen) atoms. The van der Waals surface area contributed by atoms with Crippen molar-refractivity contribution < 1.29 is 9.53 Å². The highest BCUT2D eigenvalue weighted by atomic mass is 16.5. The van der Waals surface area contributed by atoms with Crippen molar-refractivity contribution in [3.63, 3.8) is 0 Å². The smallest absolute Gasteiger partial charge is 0.222 e. The van der Waals surface area contributed by atoms with Crippen LogP contribution in [0.25, 0.3) is 0 Å². The minimum atomic E-state index is 0.260. The molecule has 1 aliphatic rings. The molecule has 0 spiro atoms. The van der Waals surface area contributed by atoms with Crippen molar-refractivity contribution in [1.29, 1.82) is 0 Å². The molecule has 1 aliphatic heterocycles. The Balaban J connectivity index is 2.27. The van der Waals surface area contributed by atoms with Gasteiger partial charge in [-0.05, 0) is 13.3 Å². The van der Waals surface area contributed by atoms with Crippen LogP contribution in [0.15, 0.2) is 0 Å². The van der Waals surface area contributed by atoms with E-state index in [2.05, 4.69) is 12.2 Å². The van der Waals surface area contributed by atoms with Crippen LogP contribution in [0, 0.1) is 0 Å². The molecule has 0 aromatic heterocycles. The first-order valence-corrected chi connectivity index (χ1v) is 5.25. The van der Waals surface area contributed by atoms with E-state index in [0.717, 1.165) is 26.1 Å². The van der Waals surface area contributed by atoms with Gasteiger partial charge in [-0.15, -0.1) is 0 Å². The molecule has 0 radical (unpaired) electrons. The molecule has 1 fully saturated rings. The molecule has 0 aliphatic carbocycles. The van der Waals surface area contributed by atoms with Crippen molar-refractivity contribution in [1.82, 2.24) is 10.2 Å². The SMILES string of the molecule is COCCCC(=O)N1CCNCC1C. The summed E-state index contributed by atoms with van der Waals surface area (Å²) >= 11 is 0. The largest absolute Gasteiger partial charge is 0.385 e. The number of methoxy groups -OCH3 is 1. The second kappa shape index (κ2) is 5.98. The minimum Gasteiger partial charge on any atom is -0.385 e. The lowest BCUT2D eigenvalue weighted by molar-refractivity contribution is -0.134. The molecule has 0 bridgehead atoms. The van der Waals surface area contributed by atoms with E-state index in [1.54, 1.807) is 7.11 Å². The average molecular weight is 200 g/mol. The van der Waals surface area contributed by atoms with Gasteiger partial charge in [0.25, 0.3) is 0 Å². The van der Waals surface area contributed by atoms with E-state index < -0.39 is 0 Å². The van der Waals surface area contributed by atoms with Gasteiger partial charge < -0.3 is 15.0 Å².